The normalized spacial score (nSPS) is 13.3. The molecule has 1 aromatic rings. The predicted molar refractivity (Wildman–Crippen MR) is 77.5 cm³/mol. The molecule has 0 aliphatic rings. The fraction of sp³-hybridized carbons (Fsp3) is 0.692. The second-order valence-electron chi connectivity index (χ2n) is 5.08. The first-order chi connectivity index (χ1) is 9.74. The molecule has 0 spiro atoms. The summed E-state index contributed by atoms with van der Waals surface area (Å²) in [5, 5.41) is 5.71. The Morgan fingerprint density at radius 1 is 1.24 bits per heavy atom. The van der Waals surface area contributed by atoms with Crippen molar-refractivity contribution < 1.29 is 13.2 Å². The molecule has 1 unspecified atom stereocenters. The molecule has 21 heavy (non-hydrogen) atoms. The van der Waals surface area contributed by atoms with Crippen molar-refractivity contribution in [2.24, 2.45) is 0 Å². The van der Waals surface area contributed by atoms with E-state index in [1.54, 1.807) is 0 Å². The van der Waals surface area contributed by atoms with E-state index in [0.717, 1.165) is 12.5 Å². The first kappa shape index (κ1) is 17.5. The summed E-state index contributed by atoms with van der Waals surface area (Å²) in [7, 11) is 3.81. The Hall–Kier alpha value is -1.57. The van der Waals surface area contributed by atoms with Crippen molar-refractivity contribution in [2.75, 3.05) is 37.8 Å². The first-order valence-corrected chi connectivity index (χ1v) is 6.84. The lowest BCUT2D eigenvalue weighted by Crippen LogP contribution is -2.31. The van der Waals surface area contributed by atoms with Crippen LogP contribution in [-0.4, -0.2) is 48.1 Å². The molecular formula is C13H22F3N5. The summed E-state index contributed by atoms with van der Waals surface area (Å²) >= 11 is 0. The van der Waals surface area contributed by atoms with E-state index in [1.807, 2.05) is 32.8 Å². The smallest absolute Gasteiger partial charge is 0.368 e. The topological polar surface area (TPSA) is 53.1 Å². The van der Waals surface area contributed by atoms with Crippen molar-refractivity contribution in [2.45, 2.75) is 32.5 Å². The Labute approximate surface area is 123 Å². The second kappa shape index (κ2) is 7.44. The number of likely N-dealkylation sites (N-methyl/N-ethyl adjacent to an activating group) is 1. The fourth-order valence-corrected chi connectivity index (χ4v) is 1.43. The lowest BCUT2D eigenvalue weighted by Gasteiger charge is -2.20. The molecule has 2 N–H and O–H groups in total. The first-order valence-electron chi connectivity index (χ1n) is 6.84. The van der Waals surface area contributed by atoms with Crippen LogP contribution < -0.4 is 10.6 Å². The van der Waals surface area contributed by atoms with Crippen LogP contribution in [0.25, 0.3) is 0 Å². The summed E-state index contributed by atoms with van der Waals surface area (Å²) in [5.74, 6) is 0.163. The highest BCUT2D eigenvalue weighted by Crippen LogP contribution is 2.29. The van der Waals surface area contributed by atoms with Gasteiger partial charge in [0.1, 0.15) is 5.82 Å². The minimum atomic E-state index is -4.49. The molecule has 0 amide bonds. The standard InChI is InChI=1S/C13H22F3N5/c1-5-6-17-12-19-10(13(14,15)16)7-11(20-12)18-8-9(2)21(3)4/h7,9H,5-6,8H2,1-4H3,(H2,17,18,19,20). The molecule has 0 bridgehead atoms. The summed E-state index contributed by atoms with van der Waals surface area (Å²) in [5.41, 5.74) is -0.948. The molecule has 0 aromatic carbocycles. The number of hydrogen-bond donors (Lipinski definition) is 2. The number of halogens is 3. The van der Waals surface area contributed by atoms with Crippen LogP contribution in [0.4, 0.5) is 24.9 Å². The molecule has 0 saturated carbocycles. The van der Waals surface area contributed by atoms with Crippen molar-refractivity contribution in [3.05, 3.63) is 11.8 Å². The molecule has 1 aromatic heterocycles. The Morgan fingerprint density at radius 3 is 2.43 bits per heavy atom. The SMILES string of the molecule is CCCNc1nc(NCC(C)N(C)C)cc(C(F)(F)F)n1. The Bertz CT molecular complexity index is 448. The number of aromatic nitrogens is 2. The summed E-state index contributed by atoms with van der Waals surface area (Å²) in [6.07, 6.45) is -3.71. The Kier molecular flexibility index (Phi) is 6.19. The fourth-order valence-electron chi connectivity index (χ4n) is 1.43. The molecule has 8 heteroatoms. The molecule has 0 radical (unpaired) electrons. The van der Waals surface area contributed by atoms with Crippen molar-refractivity contribution in [1.82, 2.24) is 14.9 Å². The predicted octanol–water partition coefficient (Wildman–Crippen LogP) is 2.68. The molecule has 0 fully saturated rings. The van der Waals surface area contributed by atoms with Crippen LogP contribution in [0.2, 0.25) is 0 Å². The van der Waals surface area contributed by atoms with Crippen LogP contribution >= 0.6 is 0 Å². The zero-order valence-electron chi connectivity index (χ0n) is 12.8. The van der Waals surface area contributed by atoms with Crippen molar-refractivity contribution in [3.63, 3.8) is 0 Å². The van der Waals surface area contributed by atoms with Crippen LogP contribution in [0.15, 0.2) is 6.07 Å². The maximum absolute atomic E-state index is 12.8. The average molecular weight is 305 g/mol. The molecule has 0 aliphatic carbocycles. The van der Waals surface area contributed by atoms with E-state index in [4.69, 9.17) is 0 Å². The number of alkyl halides is 3. The third-order valence-corrected chi connectivity index (χ3v) is 3.01. The van der Waals surface area contributed by atoms with Gasteiger partial charge in [0.15, 0.2) is 5.69 Å². The molecule has 1 heterocycles. The van der Waals surface area contributed by atoms with Crippen molar-refractivity contribution in [3.8, 4) is 0 Å². The van der Waals surface area contributed by atoms with E-state index in [9.17, 15) is 13.2 Å². The van der Waals surface area contributed by atoms with E-state index in [0.29, 0.717) is 13.1 Å². The van der Waals surface area contributed by atoms with Crippen molar-refractivity contribution in [1.29, 1.82) is 0 Å². The zero-order chi connectivity index (χ0) is 16.0. The van der Waals surface area contributed by atoms with Crippen LogP contribution in [0.5, 0.6) is 0 Å². The van der Waals surface area contributed by atoms with Gasteiger partial charge < -0.3 is 15.5 Å². The maximum Gasteiger partial charge on any atom is 0.433 e. The van der Waals surface area contributed by atoms with E-state index >= 15 is 0 Å². The Balaban J connectivity index is 2.91. The molecule has 0 aliphatic heterocycles. The number of anilines is 2. The lowest BCUT2D eigenvalue weighted by molar-refractivity contribution is -0.141. The second-order valence-corrected chi connectivity index (χ2v) is 5.08. The third kappa shape index (κ3) is 5.74. The summed E-state index contributed by atoms with van der Waals surface area (Å²) < 4.78 is 38.5. The maximum atomic E-state index is 12.8. The largest absolute Gasteiger partial charge is 0.433 e. The average Bonchev–Trinajstić information content (AvgIpc) is 2.41. The van der Waals surface area contributed by atoms with Gasteiger partial charge in [0.25, 0.3) is 0 Å². The number of nitrogens with zero attached hydrogens (tertiary/aromatic N) is 3. The lowest BCUT2D eigenvalue weighted by atomic mass is 10.3. The highest BCUT2D eigenvalue weighted by Gasteiger charge is 2.33. The minimum absolute atomic E-state index is 0.00770. The summed E-state index contributed by atoms with van der Waals surface area (Å²) in [6.45, 7) is 4.90. The monoisotopic (exact) mass is 305 g/mol. The van der Waals surface area contributed by atoms with Gasteiger partial charge >= 0.3 is 6.18 Å². The van der Waals surface area contributed by atoms with E-state index in [2.05, 4.69) is 20.6 Å². The quantitative estimate of drug-likeness (QED) is 0.811. The highest BCUT2D eigenvalue weighted by atomic mass is 19.4. The Morgan fingerprint density at radius 2 is 1.90 bits per heavy atom. The number of rotatable bonds is 7. The molecule has 120 valence electrons. The number of nitrogens with one attached hydrogen (secondary N) is 2. The van der Waals surface area contributed by atoms with Crippen molar-refractivity contribution >= 4 is 11.8 Å². The van der Waals surface area contributed by atoms with E-state index in [-0.39, 0.29) is 17.8 Å². The molecule has 1 rings (SSSR count). The van der Waals surface area contributed by atoms with E-state index in [1.165, 1.54) is 0 Å². The highest BCUT2D eigenvalue weighted by molar-refractivity contribution is 5.43. The van der Waals surface area contributed by atoms with Crippen LogP contribution in [0.3, 0.4) is 0 Å². The van der Waals surface area contributed by atoms with Crippen LogP contribution in [-0.2, 0) is 6.18 Å². The summed E-state index contributed by atoms with van der Waals surface area (Å²) in [4.78, 5) is 9.54. The molecule has 1 atom stereocenters. The molecular weight excluding hydrogens is 283 g/mol. The van der Waals surface area contributed by atoms with Gasteiger partial charge in [-0.3, -0.25) is 0 Å². The third-order valence-electron chi connectivity index (χ3n) is 3.01. The van der Waals surface area contributed by atoms with Crippen LogP contribution in [0, 0.1) is 0 Å². The molecule has 0 saturated heterocycles. The van der Waals surface area contributed by atoms with Gasteiger partial charge in [0, 0.05) is 25.2 Å². The zero-order valence-corrected chi connectivity index (χ0v) is 12.8. The van der Waals surface area contributed by atoms with E-state index < -0.39 is 11.9 Å². The van der Waals surface area contributed by atoms with Gasteiger partial charge in [-0.25, -0.2) is 4.98 Å². The van der Waals surface area contributed by atoms with Gasteiger partial charge in [-0.05, 0) is 27.4 Å². The molecule has 5 nitrogen and oxygen atoms in total. The van der Waals surface area contributed by atoms with Crippen LogP contribution in [0.1, 0.15) is 26.0 Å². The van der Waals surface area contributed by atoms with Gasteiger partial charge in [-0.15, -0.1) is 0 Å². The van der Waals surface area contributed by atoms with Gasteiger partial charge in [0.2, 0.25) is 5.95 Å². The van der Waals surface area contributed by atoms with Gasteiger partial charge in [-0.1, -0.05) is 6.92 Å². The van der Waals surface area contributed by atoms with Gasteiger partial charge in [0.05, 0.1) is 0 Å². The summed E-state index contributed by atoms with van der Waals surface area (Å²) in [6, 6.07) is 1.10. The number of hydrogen-bond acceptors (Lipinski definition) is 5. The van der Waals surface area contributed by atoms with Gasteiger partial charge in [-0.2, -0.15) is 18.2 Å². The minimum Gasteiger partial charge on any atom is -0.368 e.